The number of nitrogens with one attached hydrogen (secondary N) is 4. The van der Waals surface area contributed by atoms with Crippen molar-refractivity contribution in [2.24, 2.45) is 10.8 Å². The van der Waals surface area contributed by atoms with E-state index >= 15 is 0 Å². The summed E-state index contributed by atoms with van der Waals surface area (Å²) < 4.78 is 33.1. The molecule has 8 N–H and O–H groups in total. The number of aliphatic hydroxyl groups excluding tert-OH is 4. The molecule has 0 radical (unpaired) electrons. The summed E-state index contributed by atoms with van der Waals surface area (Å²) in [6.45, 7) is 15.7. The van der Waals surface area contributed by atoms with Gasteiger partial charge in [0.05, 0.1) is 13.1 Å². The molecule has 5 rings (SSSR count). The smallest absolute Gasteiger partial charge is 0.410 e. The second-order valence-electron chi connectivity index (χ2n) is 21.0. The average Bonchev–Trinajstić information content (AvgIpc) is 3.66. The SMILES string of the molecule is CO[C@@H](C(=O)NC1CN(C(=O)OCc2ccccc2)CCNC1=O)[C@@H]1OC(C)(C)O[C@H](/C=C/C(C)(C)C)[C@@H]1O.CO[C@@H](C(=O)NC1CN(C(=O)OCc2ccccc2)CCNC1=O)[C@H](O)[C@@H](O)[C@H](O)/C=C/C(C)(C)C. The number of allylic oxidation sites excluding steroid dienone is 2. The molecule has 416 valence electrons. The van der Waals surface area contributed by atoms with E-state index in [1.807, 2.05) is 108 Å². The second-order valence-corrected chi connectivity index (χ2v) is 21.0. The molecule has 3 heterocycles. The van der Waals surface area contributed by atoms with Crippen LogP contribution in [-0.2, 0) is 60.8 Å². The van der Waals surface area contributed by atoms with E-state index in [0.717, 1.165) is 18.2 Å². The molecule has 0 spiro atoms. The summed E-state index contributed by atoms with van der Waals surface area (Å²) in [5, 5.41) is 52.5. The predicted molar refractivity (Wildman–Crippen MR) is 273 cm³/mol. The summed E-state index contributed by atoms with van der Waals surface area (Å²) in [5.41, 5.74) is 1.20. The van der Waals surface area contributed by atoms with Gasteiger partial charge >= 0.3 is 12.2 Å². The van der Waals surface area contributed by atoms with E-state index in [0.29, 0.717) is 0 Å². The van der Waals surface area contributed by atoms with Crippen LogP contribution in [0.5, 0.6) is 0 Å². The lowest BCUT2D eigenvalue weighted by Crippen LogP contribution is -2.62. The zero-order valence-electron chi connectivity index (χ0n) is 44.6. The Hall–Kier alpha value is -5.98. The van der Waals surface area contributed by atoms with Crippen molar-refractivity contribution >= 4 is 35.8 Å². The highest BCUT2D eigenvalue weighted by Crippen LogP contribution is 2.31. The topological polar surface area (TPSA) is 293 Å². The Morgan fingerprint density at radius 2 is 1.19 bits per heavy atom. The van der Waals surface area contributed by atoms with Gasteiger partial charge in [0.1, 0.15) is 61.9 Å². The van der Waals surface area contributed by atoms with Crippen LogP contribution in [0.3, 0.4) is 0 Å². The van der Waals surface area contributed by atoms with Gasteiger partial charge < -0.3 is 79.9 Å². The Kier molecular flexibility index (Phi) is 23.2. The van der Waals surface area contributed by atoms with Crippen molar-refractivity contribution < 1.29 is 77.6 Å². The van der Waals surface area contributed by atoms with Gasteiger partial charge in [-0.25, -0.2) is 9.59 Å². The quantitative estimate of drug-likeness (QED) is 0.111. The van der Waals surface area contributed by atoms with Gasteiger partial charge in [-0.15, -0.1) is 0 Å². The molecule has 6 amide bonds. The summed E-state index contributed by atoms with van der Waals surface area (Å²) in [4.78, 5) is 79.4. The van der Waals surface area contributed by atoms with Gasteiger partial charge in [0, 0.05) is 40.4 Å². The van der Waals surface area contributed by atoms with Gasteiger partial charge in [0.25, 0.3) is 11.8 Å². The highest BCUT2D eigenvalue weighted by Gasteiger charge is 2.48. The maximum Gasteiger partial charge on any atom is 0.410 e. The van der Waals surface area contributed by atoms with Crippen molar-refractivity contribution in [3.05, 3.63) is 96.1 Å². The first-order chi connectivity index (χ1) is 35.2. The molecule has 3 aliphatic heterocycles. The van der Waals surface area contributed by atoms with Crippen LogP contribution in [-0.4, -0.2) is 186 Å². The van der Waals surface area contributed by atoms with Crippen LogP contribution < -0.4 is 21.3 Å². The van der Waals surface area contributed by atoms with Gasteiger partial charge in [-0.3, -0.25) is 19.2 Å². The molecule has 0 aliphatic carbocycles. The molecule has 22 nitrogen and oxygen atoms in total. The number of hydrogen-bond acceptors (Lipinski definition) is 16. The van der Waals surface area contributed by atoms with E-state index in [2.05, 4.69) is 21.3 Å². The molecule has 3 aliphatic rings. The number of nitrogens with zero attached hydrogens (tertiary/aromatic N) is 2. The van der Waals surface area contributed by atoms with Crippen molar-refractivity contribution in [3.63, 3.8) is 0 Å². The summed E-state index contributed by atoms with van der Waals surface area (Å²) >= 11 is 0. The summed E-state index contributed by atoms with van der Waals surface area (Å²) in [6, 6.07) is 16.1. The molecule has 75 heavy (non-hydrogen) atoms. The Bertz CT molecular complexity index is 2240. The molecular weight excluding hydrogens is 977 g/mol. The maximum atomic E-state index is 13.4. The zero-order valence-corrected chi connectivity index (χ0v) is 44.6. The maximum absolute atomic E-state index is 13.4. The minimum Gasteiger partial charge on any atom is -0.445 e. The van der Waals surface area contributed by atoms with Crippen LogP contribution in [0.2, 0.25) is 0 Å². The van der Waals surface area contributed by atoms with Gasteiger partial charge in [-0.2, -0.15) is 0 Å². The van der Waals surface area contributed by atoms with E-state index in [1.54, 1.807) is 26.0 Å². The van der Waals surface area contributed by atoms with Crippen LogP contribution in [0.4, 0.5) is 9.59 Å². The minimum atomic E-state index is -1.80. The Labute approximate surface area is 439 Å². The molecule has 2 aromatic carbocycles. The van der Waals surface area contributed by atoms with E-state index in [1.165, 1.54) is 23.0 Å². The van der Waals surface area contributed by atoms with Crippen LogP contribution in [0.25, 0.3) is 0 Å². The lowest BCUT2D eigenvalue weighted by atomic mass is 9.93. The number of carbonyl (C=O) groups excluding carboxylic acids is 6. The number of benzene rings is 2. The number of rotatable bonds is 16. The summed E-state index contributed by atoms with van der Waals surface area (Å²) in [7, 11) is 2.47. The van der Waals surface area contributed by atoms with Gasteiger partial charge in [0.15, 0.2) is 18.0 Å². The standard InChI is InChI=1S/C28H41N3O8.C25H37N3O8/c1-27(2,3)13-12-20-21(32)22(39-28(4,5)38-20)23(36-6)25(34)30-19-16-31(15-14-29-24(19)33)26(35)37-17-18-10-8-7-9-11-18;1-25(2,3)11-10-18(29)19(30)20(31)21(35-4)23(33)27-17-14-28(13-12-26-22(17)32)24(34)36-15-16-8-6-5-7-9-16/h7-13,19-23,32H,14-17H2,1-6H3,(H,29,33)(H,30,34);5-11,17-21,29-31H,12-15H2,1-4H3,(H,26,32)(H,27,33)/b13-12+;11-10+/t19?,20-,21+,22-,23-;17?,18-,19+,20-,21-/m11/s1. The highest BCUT2D eigenvalue weighted by atomic mass is 16.7. The molecule has 3 saturated heterocycles. The number of aliphatic hydroxyl groups is 4. The average molecular weight is 1060 g/mol. The largest absolute Gasteiger partial charge is 0.445 e. The van der Waals surface area contributed by atoms with E-state index in [9.17, 15) is 49.2 Å². The van der Waals surface area contributed by atoms with Gasteiger partial charge in [-0.1, -0.05) is 127 Å². The molecule has 0 bridgehead atoms. The number of methoxy groups -OCH3 is 2. The van der Waals surface area contributed by atoms with E-state index in [-0.39, 0.29) is 63.3 Å². The number of hydrogen-bond donors (Lipinski definition) is 8. The lowest BCUT2D eigenvalue weighted by Gasteiger charge is -2.45. The fourth-order valence-corrected chi connectivity index (χ4v) is 7.81. The molecule has 2 aromatic rings. The van der Waals surface area contributed by atoms with Crippen LogP contribution in [0, 0.1) is 10.8 Å². The van der Waals surface area contributed by atoms with Crippen molar-refractivity contribution in [2.45, 2.75) is 135 Å². The predicted octanol–water partition coefficient (Wildman–Crippen LogP) is 1.68. The highest BCUT2D eigenvalue weighted by molar-refractivity contribution is 5.91. The van der Waals surface area contributed by atoms with Crippen molar-refractivity contribution in [1.29, 1.82) is 0 Å². The fraction of sp³-hybridized carbons (Fsp3) is 0.585. The van der Waals surface area contributed by atoms with Gasteiger partial charge in [-0.05, 0) is 35.8 Å². The first-order valence-electron chi connectivity index (χ1n) is 24.8. The fourth-order valence-electron chi connectivity index (χ4n) is 7.81. The molecule has 3 fully saturated rings. The monoisotopic (exact) mass is 1050 g/mol. The van der Waals surface area contributed by atoms with Crippen molar-refractivity contribution in [1.82, 2.24) is 31.1 Å². The Balaban J connectivity index is 0.000000326. The molecule has 0 aromatic heterocycles. The Morgan fingerprint density at radius 1 is 0.720 bits per heavy atom. The third-order valence-electron chi connectivity index (χ3n) is 11.8. The van der Waals surface area contributed by atoms with Crippen molar-refractivity contribution in [3.8, 4) is 0 Å². The van der Waals surface area contributed by atoms with E-state index in [4.69, 9.17) is 28.4 Å². The third kappa shape index (κ3) is 19.9. The molecule has 22 heteroatoms. The van der Waals surface area contributed by atoms with Crippen molar-refractivity contribution in [2.75, 3.05) is 53.5 Å². The summed E-state index contributed by atoms with van der Waals surface area (Å²) in [5.74, 6) is -3.66. The molecule has 10 atom stereocenters. The first-order valence-corrected chi connectivity index (χ1v) is 24.8. The first kappa shape index (κ1) is 61.6. The normalized spacial score (nSPS) is 23.4. The molecule has 0 saturated carbocycles. The number of carbonyl (C=O) groups is 6. The Morgan fingerprint density at radius 3 is 1.63 bits per heavy atom. The van der Waals surface area contributed by atoms with Crippen LogP contribution in [0.1, 0.15) is 66.5 Å². The number of amides is 6. The second kappa shape index (κ2) is 28.2. The summed E-state index contributed by atoms with van der Waals surface area (Å²) in [6.07, 6.45) is -5.48. The molecular formula is C53H78N6O16. The number of ether oxygens (including phenoxy) is 6. The minimum absolute atomic E-state index is 0.0520. The van der Waals surface area contributed by atoms with E-state index < -0.39 is 103 Å². The van der Waals surface area contributed by atoms with Crippen LogP contribution >= 0.6 is 0 Å². The zero-order chi connectivity index (χ0) is 55.7. The lowest BCUT2D eigenvalue weighted by molar-refractivity contribution is -0.334. The van der Waals surface area contributed by atoms with Crippen LogP contribution in [0.15, 0.2) is 85.0 Å². The molecule has 2 unspecified atom stereocenters. The third-order valence-corrected chi connectivity index (χ3v) is 11.8. The van der Waals surface area contributed by atoms with Gasteiger partial charge in [0.2, 0.25) is 11.8 Å².